The van der Waals surface area contributed by atoms with Gasteiger partial charge in [0.05, 0.1) is 5.92 Å². The Morgan fingerprint density at radius 2 is 1.96 bits per heavy atom. The first-order chi connectivity index (χ1) is 10.8. The number of nitrogens with one attached hydrogen (secondary N) is 1. The van der Waals surface area contributed by atoms with Crippen LogP contribution >= 0.6 is 12.4 Å². The van der Waals surface area contributed by atoms with Gasteiger partial charge in [-0.05, 0) is 62.2 Å². The highest BCUT2D eigenvalue weighted by atomic mass is 35.5. The Hall–Kier alpha value is -1.06. The zero-order valence-corrected chi connectivity index (χ0v) is 14.9. The SMILES string of the molecule is CCNCC1CCN(C(=O)C2CCCc3ccccc32)CC1.Cl. The maximum Gasteiger partial charge on any atom is 0.230 e. The number of hydrogen-bond acceptors (Lipinski definition) is 2. The van der Waals surface area contributed by atoms with E-state index in [-0.39, 0.29) is 18.3 Å². The fourth-order valence-electron chi connectivity index (χ4n) is 3.94. The van der Waals surface area contributed by atoms with Crippen molar-refractivity contribution in [3.63, 3.8) is 0 Å². The zero-order valence-electron chi connectivity index (χ0n) is 14.1. The van der Waals surface area contributed by atoms with Crippen LogP contribution in [-0.4, -0.2) is 37.0 Å². The average molecular weight is 337 g/mol. The number of rotatable bonds is 4. The molecule has 0 radical (unpaired) electrons. The lowest BCUT2D eigenvalue weighted by Crippen LogP contribution is -2.43. The van der Waals surface area contributed by atoms with E-state index < -0.39 is 0 Å². The van der Waals surface area contributed by atoms with Crippen LogP contribution in [0.15, 0.2) is 24.3 Å². The van der Waals surface area contributed by atoms with Crippen LogP contribution in [0.5, 0.6) is 0 Å². The normalized spacial score (nSPS) is 21.4. The molecule has 1 N–H and O–H groups in total. The second kappa shape index (κ2) is 8.70. The molecule has 0 saturated carbocycles. The zero-order chi connectivity index (χ0) is 15.4. The van der Waals surface area contributed by atoms with Gasteiger partial charge in [-0.2, -0.15) is 0 Å². The van der Waals surface area contributed by atoms with E-state index in [0.29, 0.717) is 5.91 Å². The molecule has 1 amide bonds. The van der Waals surface area contributed by atoms with Gasteiger partial charge < -0.3 is 10.2 Å². The molecule has 1 aliphatic heterocycles. The Morgan fingerprint density at radius 1 is 1.22 bits per heavy atom. The Labute approximate surface area is 146 Å². The van der Waals surface area contributed by atoms with Gasteiger partial charge in [0.25, 0.3) is 0 Å². The second-order valence-corrected chi connectivity index (χ2v) is 6.72. The molecule has 1 aromatic carbocycles. The Kier molecular flexibility index (Phi) is 6.91. The number of amides is 1. The summed E-state index contributed by atoms with van der Waals surface area (Å²) in [7, 11) is 0. The van der Waals surface area contributed by atoms with E-state index in [1.165, 1.54) is 11.1 Å². The lowest BCUT2D eigenvalue weighted by Gasteiger charge is -2.36. The number of piperidine rings is 1. The molecule has 3 rings (SSSR count). The van der Waals surface area contributed by atoms with Crippen molar-refractivity contribution in [2.24, 2.45) is 5.92 Å². The van der Waals surface area contributed by atoms with Crippen LogP contribution in [0.4, 0.5) is 0 Å². The quantitative estimate of drug-likeness (QED) is 0.914. The molecule has 0 aromatic heterocycles. The van der Waals surface area contributed by atoms with Crippen LogP contribution in [0.1, 0.15) is 49.7 Å². The molecule has 1 atom stereocenters. The summed E-state index contributed by atoms with van der Waals surface area (Å²) in [4.78, 5) is 15.1. The molecule has 0 bridgehead atoms. The molecule has 0 spiro atoms. The molecule has 23 heavy (non-hydrogen) atoms. The molecule has 128 valence electrons. The molecule has 3 nitrogen and oxygen atoms in total. The summed E-state index contributed by atoms with van der Waals surface area (Å²) in [6, 6.07) is 8.53. The van der Waals surface area contributed by atoms with Crippen molar-refractivity contribution >= 4 is 18.3 Å². The van der Waals surface area contributed by atoms with Gasteiger partial charge in [-0.3, -0.25) is 4.79 Å². The molecule has 1 saturated heterocycles. The van der Waals surface area contributed by atoms with Gasteiger partial charge in [0.2, 0.25) is 5.91 Å². The molecule has 1 aromatic rings. The van der Waals surface area contributed by atoms with E-state index in [1.807, 2.05) is 0 Å². The Morgan fingerprint density at radius 3 is 2.70 bits per heavy atom. The van der Waals surface area contributed by atoms with Crippen molar-refractivity contribution < 1.29 is 4.79 Å². The summed E-state index contributed by atoms with van der Waals surface area (Å²) in [5.41, 5.74) is 2.67. The highest BCUT2D eigenvalue weighted by Gasteiger charge is 2.31. The van der Waals surface area contributed by atoms with Crippen molar-refractivity contribution in [1.82, 2.24) is 10.2 Å². The minimum Gasteiger partial charge on any atom is -0.342 e. The summed E-state index contributed by atoms with van der Waals surface area (Å²) in [5, 5.41) is 3.43. The van der Waals surface area contributed by atoms with Gasteiger partial charge in [0.1, 0.15) is 0 Å². The van der Waals surface area contributed by atoms with Crippen LogP contribution in [0.3, 0.4) is 0 Å². The number of fused-ring (bicyclic) bond motifs is 1. The second-order valence-electron chi connectivity index (χ2n) is 6.72. The predicted molar refractivity (Wildman–Crippen MR) is 97.2 cm³/mol. The van der Waals surface area contributed by atoms with Crippen LogP contribution in [0, 0.1) is 5.92 Å². The number of aryl methyl sites for hydroxylation is 1. The summed E-state index contributed by atoms with van der Waals surface area (Å²) < 4.78 is 0. The number of benzene rings is 1. The predicted octanol–water partition coefficient (Wildman–Crippen LogP) is 3.38. The first kappa shape index (κ1) is 18.3. The van der Waals surface area contributed by atoms with Gasteiger partial charge in [-0.15, -0.1) is 12.4 Å². The number of hydrogen-bond donors (Lipinski definition) is 1. The van der Waals surface area contributed by atoms with Crippen molar-refractivity contribution in [1.29, 1.82) is 0 Å². The standard InChI is InChI=1S/C19H28N2O.ClH/c1-2-20-14-15-10-12-21(13-11-15)19(22)18-9-5-7-16-6-3-4-8-17(16)18;/h3-4,6,8,15,18,20H,2,5,7,9-14H2,1H3;1H. The van der Waals surface area contributed by atoms with Gasteiger partial charge in [-0.25, -0.2) is 0 Å². The van der Waals surface area contributed by atoms with E-state index in [9.17, 15) is 4.79 Å². The van der Waals surface area contributed by atoms with Crippen LogP contribution in [0.2, 0.25) is 0 Å². The Balaban J connectivity index is 0.00000192. The fourth-order valence-corrected chi connectivity index (χ4v) is 3.94. The summed E-state index contributed by atoms with van der Waals surface area (Å²) >= 11 is 0. The largest absolute Gasteiger partial charge is 0.342 e. The van der Waals surface area contributed by atoms with Crippen molar-refractivity contribution in [2.45, 2.75) is 44.9 Å². The Bertz CT molecular complexity index is 512. The number of halogens is 1. The molecular formula is C19H29ClN2O. The van der Waals surface area contributed by atoms with E-state index in [1.54, 1.807) is 0 Å². The van der Waals surface area contributed by atoms with Crippen LogP contribution < -0.4 is 5.32 Å². The summed E-state index contributed by atoms with van der Waals surface area (Å²) in [6.45, 7) is 6.17. The van der Waals surface area contributed by atoms with Crippen molar-refractivity contribution in [2.75, 3.05) is 26.2 Å². The van der Waals surface area contributed by atoms with E-state index in [2.05, 4.69) is 41.4 Å². The first-order valence-electron chi connectivity index (χ1n) is 8.87. The minimum absolute atomic E-state index is 0. The third-order valence-electron chi connectivity index (χ3n) is 5.28. The van der Waals surface area contributed by atoms with Gasteiger partial charge in [-0.1, -0.05) is 31.2 Å². The fraction of sp³-hybridized carbons (Fsp3) is 0.632. The lowest BCUT2D eigenvalue weighted by molar-refractivity contribution is -0.134. The monoisotopic (exact) mass is 336 g/mol. The maximum atomic E-state index is 12.9. The molecule has 1 unspecified atom stereocenters. The van der Waals surface area contributed by atoms with Gasteiger partial charge in [0, 0.05) is 13.1 Å². The van der Waals surface area contributed by atoms with E-state index in [0.717, 1.165) is 64.2 Å². The van der Waals surface area contributed by atoms with Crippen LogP contribution in [0.25, 0.3) is 0 Å². The number of likely N-dealkylation sites (tertiary alicyclic amines) is 1. The van der Waals surface area contributed by atoms with Crippen molar-refractivity contribution in [3.05, 3.63) is 35.4 Å². The number of carbonyl (C=O) groups is 1. The van der Waals surface area contributed by atoms with Crippen molar-refractivity contribution in [3.8, 4) is 0 Å². The van der Waals surface area contributed by atoms with E-state index >= 15 is 0 Å². The van der Waals surface area contributed by atoms with Gasteiger partial charge >= 0.3 is 0 Å². The number of nitrogens with zero attached hydrogens (tertiary/aromatic N) is 1. The first-order valence-corrected chi connectivity index (χ1v) is 8.87. The molecule has 1 heterocycles. The summed E-state index contributed by atoms with van der Waals surface area (Å²) in [5.74, 6) is 1.21. The molecule has 1 aliphatic carbocycles. The minimum atomic E-state index is 0. The van der Waals surface area contributed by atoms with Crippen LogP contribution in [-0.2, 0) is 11.2 Å². The maximum absolute atomic E-state index is 12.9. The molecule has 4 heteroatoms. The third-order valence-corrected chi connectivity index (χ3v) is 5.28. The molecule has 2 aliphatic rings. The highest BCUT2D eigenvalue weighted by Crippen LogP contribution is 2.33. The molecule has 1 fully saturated rings. The summed E-state index contributed by atoms with van der Waals surface area (Å²) in [6.07, 6.45) is 5.59. The average Bonchev–Trinajstić information content (AvgIpc) is 2.59. The topological polar surface area (TPSA) is 32.3 Å². The van der Waals surface area contributed by atoms with Gasteiger partial charge in [0.15, 0.2) is 0 Å². The van der Waals surface area contributed by atoms with E-state index in [4.69, 9.17) is 0 Å². The molecular weight excluding hydrogens is 308 g/mol. The lowest BCUT2D eigenvalue weighted by atomic mass is 9.81. The smallest absolute Gasteiger partial charge is 0.230 e. The highest BCUT2D eigenvalue weighted by molar-refractivity contribution is 5.85. The third kappa shape index (κ3) is 4.27. The number of carbonyl (C=O) groups excluding carboxylic acids is 1.